The van der Waals surface area contributed by atoms with Crippen LogP contribution < -0.4 is 0 Å². The molecule has 0 bridgehead atoms. The number of hydrogen-bond acceptors (Lipinski definition) is 4. The highest BCUT2D eigenvalue weighted by Gasteiger charge is 2.64. The van der Waals surface area contributed by atoms with Crippen molar-refractivity contribution in [3.63, 3.8) is 0 Å². The van der Waals surface area contributed by atoms with Gasteiger partial charge in [0.05, 0.1) is 23.7 Å². The van der Waals surface area contributed by atoms with Crippen LogP contribution in [-0.2, 0) is 4.79 Å². The monoisotopic (exact) mass is 490 g/mol. The zero-order valence-corrected chi connectivity index (χ0v) is 23.2. The molecule has 0 amide bonds. The Balaban J connectivity index is 1.66. The third-order valence-corrected chi connectivity index (χ3v) is 12.2. The molecule has 4 rings (SSSR count). The molecule has 0 aromatic carbocycles. The van der Waals surface area contributed by atoms with Gasteiger partial charge in [0.1, 0.15) is 0 Å². The smallest absolute Gasteiger partial charge is 0.306 e. The van der Waals surface area contributed by atoms with Gasteiger partial charge in [-0.2, -0.15) is 0 Å². The van der Waals surface area contributed by atoms with Gasteiger partial charge in [-0.15, -0.1) is 0 Å². The highest BCUT2D eigenvalue weighted by Crippen LogP contribution is 2.72. The molecular weight excluding hydrogens is 440 g/mol. The number of aliphatic hydroxyl groups excluding tert-OH is 2. The molecule has 0 saturated heterocycles. The van der Waals surface area contributed by atoms with Gasteiger partial charge < -0.3 is 20.4 Å². The Morgan fingerprint density at radius 3 is 2.23 bits per heavy atom. The summed E-state index contributed by atoms with van der Waals surface area (Å²) in [6.07, 6.45) is 7.60. The van der Waals surface area contributed by atoms with Gasteiger partial charge in [-0.3, -0.25) is 4.79 Å². The lowest BCUT2D eigenvalue weighted by atomic mass is 9.43. The van der Waals surface area contributed by atoms with E-state index in [1.54, 1.807) is 25.0 Å². The number of rotatable bonds is 6. The summed E-state index contributed by atoms with van der Waals surface area (Å²) in [5.41, 5.74) is 1.99. The predicted molar refractivity (Wildman–Crippen MR) is 138 cm³/mol. The molecule has 4 N–H and O–H groups in total. The quantitative estimate of drug-likeness (QED) is 0.358. The third-order valence-electron chi connectivity index (χ3n) is 12.2. The Bertz CT molecular complexity index is 884. The van der Waals surface area contributed by atoms with Crippen LogP contribution in [0.5, 0.6) is 0 Å². The molecule has 5 nitrogen and oxygen atoms in total. The average Bonchev–Trinajstić information content (AvgIpc) is 3.02. The molecule has 0 heterocycles. The standard InChI is InChI=1S/C30H50O5/c1-26(2)22-10-9-21-20(28(22,5)15-14-23(26)31)13-17-29(6)19(12-16-30(21,29)7)18(25(33)34)8-11-24(32)27(3,4)35/h18-19,22-24,31-32,35H,8-17H2,1-7H3,(H,33,34). The zero-order valence-electron chi connectivity index (χ0n) is 23.2. The molecular formula is C30H50O5. The van der Waals surface area contributed by atoms with Crippen molar-refractivity contribution >= 4 is 5.97 Å². The molecule has 0 spiro atoms. The Kier molecular flexibility index (Phi) is 6.64. The van der Waals surface area contributed by atoms with Gasteiger partial charge >= 0.3 is 5.97 Å². The van der Waals surface area contributed by atoms with Crippen LogP contribution in [0.4, 0.5) is 0 Å². The van der Waals surface area contributed by atoms with E-state index in [2.05, 4.69) is 34.6 Å². The van der Waals surface area contributed by atoms with Crippen LogP contribution in [0.2, 0.25) is 0 Å². The van der Waals surface area contributed by atoms with Crippen molar-refractivity contribution in [2.24, 2.45) is 39.4 Å². The highest BCUT2D eigenvalue weighted by atomic mass is 16.4. The van der Waals surface area contributed by atoms with Gasteiger partial charge in [-0.1, -0.05) is 45.8 Å². The Morgan fingerprint density at radius 1 is 0.971 bits per heavy atom. The third kappa shape index (κ3) is 3.94. The Hall–Kier alpha value is -0.910. The van der Waals surface area contributed by atoms with Crippen LogP contribution in [0.3, 0.4) is 0 Å². The summed E-state index contributed by atoms with van der Waals surface area (Å²) in [4.78, 5) is 12.5. The summed E-state index contributed by atoms with van der Waals surface area (Å²) in [5.74, 6) is -0.709. The van der Waals surface area contributed by atoms with E-state index in [9.17, 15) is 25.2 Å². The second-order valence-electron chi connectivity index (χ2n) is 14.4. The van der Waals surface area contributed by atoms with Gasteiger partial charge in [0.25, 0.3) is 0 Å². The van der Waals surface area contributed by atoms with Crippen molar-refractivity contribution in [3.8, 4) is 0 Å². The molecule has 4 aliphatic carbocycles. The molecule has 2 saturated carbocycles. The topological polar surface area (TPSA) is 98.0 Å². The minimum Gasteiger partial charge on any atom is -0.481 e. The lowest BCUT2D eigenvalue weighted by molar-refractivity contribution is -0.147. The van der Waals surface area contributed by atoms with E-state index >= 15 is 0 Å². The van der Waals surface area contributed by atoms with Crippen LogP contribution in [0.1, 0.15) is 113 Å². The van der Waals surface area contributed by atoms with E-state index in [4.69, 9.17) is 0 Å². The summed E-state index contributed by atoms with van der Waals surface area (Å²) >= 11 is 0. The number of carboxylic acid groups (broad SMARTS) is 1. The number of allylic oxidation sites excluding steroid dienone is 2. The average molecular weight is 491 g/mol. The fourth-order valence-corrected chi connectivity index (χ4v) is 9.55. The van der Waals surface area contributed by atoms with Crippen molar-refractivity contribution in [2.45, 2.75) is 130 Å². The Morgan fingerprint density at radius 2 is 1.63 bits per heavy atom. The van der Waals surface area contributed by atoms with Crippen molar-refractivity contribution in [1.29, 1.82) is 0 Å². The minimum absolute atomic E-state index is 0.00199. The van der Waals surface area contributed by atoms with E-state index in [0.29, 0.717) is 18.8 Å². The fourth-order valence-electron chi connectivity index (χ4n) is 9.55. The molecule has 0 aromatic heterocycles. The van der Waals surface area contributed by atoms with Gasteiger partial charge in [0.2, 0.25) is 0 Å². The molecule has 0 aliphatic heterocycles. The Labute approximate surface area is 212 Å². The summed E-state index contributed by atoms with van der Waals surface area (Å²) < 4.78 is 0. The van der Waals surface area contributed by atoms with E-state index in [1.165, 1.54) is 0 Å². The molecule has 0 radical (unpaired) electrons. The zero-order chi connectivity index (χ0) is 26.2. The molecule has 2 fully saturated rings. The van der Waals surface area contributed by atoms with Crippen LogP contribution >= 0.6 is 0 Å². The second-order valence-corrected chi connectivity index (χ2v) is 14.4. The van der Waals surface area contributed by atoms with Crippen LogP contribution in [0.15, 0.2) is 11.1 Å². The van der Waals surface area contributed by atoms with E-state index < -0.39 is 23.6 Å². The van der Waals surface area contributed by atoms with Crippen molar-refractivity contribution < 1.29 is 25.2 Å². The van der Waals surface area contributed by atoms with Gasteiger partial charge in [0, 0.05) is 0 Å². The number of carbonyl (C=O) groups is 1. The van der Waals surface area contributed by atoms with E-state index in [1.807, 2.05) is 0 Å². The molecule has 35 heavy (non-hydrogen) atoms. The van der Waals surface area contributed by atoms with Crippen molar-refractivity contribution in [3.05, 3.63) is 11.1 Å². The number of hydrogen-bond donors (Lipinski definition) is 4. The van der Waals surface area contributed by atoms with Gasteiger partial charge in [-0.05, 0) is 112 Å². The van der Waals surface area contributed by atoms with Gasteiger partial charge in [-0.25, -0.2) is 0 Å². The minimum atomic E-state index is -1.23. The molecule has 0 aromatic rings. The number of carboxylic acids is 1. The molecule has 4 aliphatic rings. The molecule has 5 heteroatoms. The van der Waals surface area contributed by atoms with Crippen LogP contribution in [-0.4, -0.2) is 44.2 Å². The van der Waals surface area contributed by atoms with Crippen molar-refractivity contribution in [1.82, 2.24) is 0 Å². The number of fused-ring (bicyclic) bond motifs is 4. The summed E-state index contributed by atoms with van der Waals surface area (Å²) in [6.45, 7) is 14.9. The van der Waals surface area contributed by atoms with E-state index in [0.717, 1.165) is 51.4 Å². The second kappa shape index (κ2) is 8.56. The molecule has 200 valence electrons. The first-order valence-corrected chi connectivity index (χ1v) is 14.0. The largest absolute Gasteiger partial charge is 0.481 e. The summed E-state index contributed by atoms with van der Waals surface area (Å²) in [5, 5.41) is 41.6. The van der Waals surface area contributed by atoms with Gasteiger partial charge in [0.15, 0.2) is 0 Å². The molecule has 8 unspecified atom stereocenters. The van der Waals surface area contributed by atoms with E-state index in [-0.39, 0.29) is 33.7 Å². The first kappa shape index (κ1) is 27.1. The normalized spacial score (nSPS) is 42.6. The maximum Gasteiger partial charge on any atom is 0.306 e. The lowest BCUT2D eigenvalue weighted by Gasteiger charge is -2.62. The predicted octanol–water partition coefficient (Wildman–Crippen LogP) is 5.71. The SMILES string of the molecule is CC(C)(O)C(O)CCC(C(=O)O)C1CCC2(C)C3=C(CCC12C)C1(C)CCC(O)C(C)(C)C1CC3. The van der Waals surface area contributed by atoms with Crippen LogP contribution in [0.25, 0.3) is 0 Å². The molecule has 8 atom stereocenters. The first-order valence-electron chi connectivity index (χ1n) is 14.0. The summed E-state index contributed by atoms with van der Waals surface area (Å²) in [6, 6.07) is 0. The maximum atomic E-state index is 12.5. The number of aliphatic carboxylic acids is 1. The lowest BCUT2D eigenvalue weighted by Crippen LogP contribution is -2.55. The first-order chi connectivity index (χ1) is 16.0. The fraction of sp³-hybridized carbons (Fsp3) is 0.900. The summed E-state index contributed by atoms with van der Waals surface area (Å²) in [7, 11) is 0. The number of aliphatic hydroxyl groups is 3. The van der Waals surface area contributed by atoms with Crippen molar-refractivity contribution in [2.75, 3.05) is 0 Å². The maximum absolute atomic E-state index is 12.5. The highest BCUT2D eigenvalue weighted by molar-refractivity contribution is 5.70. The van der Waals surface area contributed by atoms with Crippen LogP contribution in [0, 0.1) is 39.4 Å².